The summed E-state index contributed by atoms with van der Waals surface area (Å²) < 4.78 is 37.8. The standard InChI is InChI=1S/C18H17NO2.C2HF3O2/c20-18-16-4-2-1-3-14(16)15-6-5-13(11-17(15)18)21-12-7-9-19-10-8-12;3-2(4,5)1(6)7/h1-6,11-12,19H,7-10H2;(H,6,7). The minimum atomic E-state index is -5.08. The Labute approximate surface area is 159 Å². The van der Waals surface area contributed by atoms with Crippen molar-refractivity contribution in [1.82, 2.24) is 5.32 Å². The van der Waals surface area contributed by atoms with Gasteiger partial charge in [-0.2, -0.15) is 13.2 Å². The number of carboxylic acid groups (broad SMARTS) is 1. The summed E-state index contributed by atoms with van der Waals surface area (Å²) in [5.41, 5.74) is 3.62. The Morgan fingerprint density at radius 1 is 1.00 bits per heavy atom. The van der Waals surface area contributed by atoms with Crippen LogP contribution in [-0.2, 0) is 4.79 Å². The molecule has 2 N–H and O–H groups in total. The molecule has 0 amide bonds. The molecule has 4 rings (SSSR count). The van der Waals surface area contributed by atoms with E-state index in [1.807, 2.05) is 42.5 Å². The molecule has 0 unspecified atom stereocenters. The van der Waals surface area contributed by atoms with Crippen LogP contribution in [0.4, 0.5) is 13.2 Å². The Morgan fingerprint density at radius 3 is 2.18 bits per heavy atom. The highest BCUT2D eigenvalue weighted by Gasteiger charge is 2.38. The number of halogens is 3. The molecule has 0 bridgehead atoms. The van der Waals surface area contributed by atoms with Crippen LogP contribution < -0.4 is 10.1 Å². The Morgan fingerprint density at radius 2 is 1.57 bits per heavy atom. The molecule has 1 aliphatic heterocycles. The van der Waals surface area contributed by atoms with Crippen LogP contribution in [0.2, 0.25) is 0 Å². The minimum Gasteiger partial charge on any atom is -0.490 e. The number of alkyl halides is 3. The second-order valence-electron chi connectivity index (χ2n) is 6.45. The van der Waals surface area contributed by atoms with E-state index in [1.54, 1.807) is 0 Å². The van der Waals surface area contributed by atoms with Crippen molar-refractivity contribution in [3.8, 4) is 16.9 Å². The number of hydrogen-bond donors (Lipinski definition) is 2. The molecule has 0 aromatic heterocycles. The summed E-state index contributed by atoms with van der Waals surface area (Å²) in [5.74, 6) is -1.84. The molecule has 0 atom stereocenters. The first-order chi connectivity index (χ1) is 13.3. The summed E-state index contributed by atoms with van der Waals surface area (Å²) >= 11 is 0. The van der Waals surface area contributed by atoms with Gasteiger partial charge in [0.15, 0.2) is 5.78 Å². The van der Waals surface area contributed by atoms with Gasteiger partial charge in [0.1, 0.15) is 11.9 Å². The fourth-order valence-electron chi connectivity index (χ4n) is 3.19. The Bertz CT molecular complexity index is 889. The summed E-state index contributed by atoms with van der Waals surface area (Å²) in [6.07, 6.45) is -2.79. The zero-order chi connectivity index (χ0) is 20.3. The van der Waals surface area contributed by atoms with E-state index in [1.165, 1.54) is 0 Å². The van der Waals surface area contributed by atoms with E-state index < -0.39 is 12.1 Å². The molecule has 5 nitrogen and oxygen atoms in total. The van der Waals surface area contributed by atoms with Crippen LogP contribution in [0.15, 0.2) is 42.5 Å². The predicted octanol–water partition coefficient (Wildman–Crippen LogP) is 3.66. The van der Waals surface area contributed by atoms with E-state index in [2.05, 4.69) is 5.32 Å². The lowest BCUT2D eigenvalue weighted by molar-refractivity contribution is -0.192. The van der Waals surface area contributed by atoms with Gasteiger partial charge in [-0.3, -0.25) is 4.79 Å². The third kappa shape index (κ3) is 4.33. The molecule has 148 valence electrons. The second kappa shape index (κ2) is 8.02. The van der Waals surface area contributed by atoms with Gasteiger partial charge in [0.2, 0.25) is 0 Å². The quantitative estimate of drug-likeness (QED) is 0.695. The van der Waals surface area contributed by atoms with Crippen LogP contribution in [0.5, 0.6) is 5.75 Å². The first-order valence-corrected chi connectivity index (χ1v) is 8.73. The average molecular weight is 393 g/mol. The predicted molar refractivity (Wildman–Crippen MR) is 95.5 cm³/mol. The van der Waals surface area contributed by atoms with E-state index in [0.29, 0.717) is 0 Å². The van der Waals surface area contributed by atoms with Crippen molar-refractivity contribution in [3.05, 3.63) is 53.6 Å². The number of aliphatic carboxylic acids is 1. The van der Waals surface area contributed by atoms with Gasteiger partial charge in [-0.15, -0.1) is 0 Å². The number of nitrogens with one attached hydrogen (secondary N) is 1. The third-order valence-electron chi connectivity index (χ3n) is 4.53. The van der Waals surface area contributed by atoms with Crippen molar-refractivity contribution < 1.29 is 32.6 Å². The van der Waals surface area contributed by atoms with E-state index >= 15 is 0 Å². The molecule has 0 spiro atoms. The summed E-state index contributed by atoms with van der Waals surface area (Å²) in [7, 11) is 0. The van der Waals surface area contributed by atoms with Crippen molar-refractivity contribution in [2.24, 2.45) is 0 Å². The van der Waals surface area contributed by atoms with Gasteiger partial charge in [0, 0.05) is 11.1 Å². The van der Waals surface area contributed by atoms with Gasteiger partial charge >= 0.3 is 12.1 Å². The molecule has 2 aliphatic rings. The van der Waals surface area contributed by atoms with Crippen LogP contribution in [0.3, 0.4) is 0 Å². The molecule has 1 saturated heterocycles. The highest BCUT2D eigenvalue weighted by molar-refractivity contribution is 6.21. The van der Waals surface area contributed by atoms with Gasteiger partial charge < -0.3 is 15.2 Å². The molecule has 28 heavy (non-hydrogen) atoms. The van der Waals surface area contributed by atoms with Gasteiger partial charge in [0.25, 0.3) is 0 Å². The third-order valence-corrected chi connectivity index (χ3v) is 4.53. The van der Waals surface area contributed by atoms with Crippen LogP contribution in [0.1, 0.15) is 28.8 Å². The van der Waals surface area contributed by atoms with Crippen LogP contribution in [-0.4, -0.2) is 42.2 Å². The molecule has 2 aromatic rings. The number of carboxylic acids is 1. The molecular formula is C20H18F3NO4. The number of carbonyl (C=O) groups excluding carboxylic acids is 1. The zero-order valence-corrected chi connectivity index (χ0v) is 14.8. The highest BCUT2D eigenvalue weighted by Crippen LogP contribution is 2.38. The summed E-state index contributed by atoms with van der Waals surface area (Å²) in [6.45, 7) is 2.00. The maximum atomic E-state index is 12.5. The number of carbonyl (C=O) groups is 2. The van der Waals surface area contributed by atoms with Crippen molar-refractivity contribution in [3.63, 3.8) is 0 Å². The Kier molecular flexibility index (Phi) is 5.69. The largest absolute Gasteiger partial charge is 0.490 e. The van der Waals surface area contributed by atoms with Crippen molar-refractivity contribution in [2.45, 2.75) is 25.1 Å². The number of ketones is 1. The average Bonchev–Trinajstić information content (AvgIpc) is 2.95. The Hall–Kier alpha value is -2.87. The lowest BCUT2D eigenvalue weighted by atomic mass is 10.1. The van der Waals surface area contributed by atoms with Crippen molar-refractivity contribution in [1.29, 1.82) is 0 Å². The first kappa shape index (κ1) is 19.9. The number of ether oxygens (including phenoxy) is 1. The monoisotopic (exact) mass is 393 g/mol. The molecule has 8 heteroatoms. The zero-order valence-electron chi connectivity index (χ0n) is 14.8. The van der Waals surface area contributed by atoms with E-state index in [0.717, 1.165) is 53.9 Å². The summed E-state index contributed by atoms with van der Waals surface area (Å²) in [5, 5.41) is 10.5. The smallest absolute Gasteiger partial charge is 0.490 e. The summed E-state index contributed by atoms with van der Waals surface area (Å²) in [6, 6.07) is 13.7. The fourth-order valence-corrected chi connectivity index (χ4v) is 3.19. The molecule has 0 saturated carbocycles. The van der Waals surface area contributed by atoms with Gasteiger partial charge in [0.05, 0.1) is 0 Å². The number of piperidine rings is 1. The maximum Gasteiger partial charge on any atom is 0.490 e. The van der Waals surface area contributed by atoms with Crippen molar-refractivity contribution >= 4 is 11.8 Å². The van der Waals surface area contributed by atoms with E-state index in [-0.39, 0.29) is 11.9 Å². The molecule has 0 radical (unpaired) electrons. The van der Waals surface area contributed by atoms with Crippen LogP contribution in [0, 0.1) is 0 Å². The first-order valence-electron chi connectivity index (χ1n) is 8.73. The van der Waals surface area contributed by atoms with Crippen LogP contribution >= 0.6 is 0 Å². The number of benzene rings is 2. The van der Waals surface area contributed by atoms with E-state index in [9.17, 15) is 18.0 Å². The fraction of sp³-hybridized carbons (Fsp3) is 0.300. The maximum absolute atomic E-state index is 12.5. The Balaban J connectivity index is 0.000000279. The van der Waals surface area contributed by atoms with Crippen LogP contribution in [0.25, 0.3) is 11.1 Å². The molecule has 2 aromatic carbocycles. The normalized spacial score (nSPS) is 15.9. The van der Waals surface area contributed by atoms with Crippen molar-refractivity contribution in [2.75, 3.05) is 13.1 Å². The SMILES string of the molecule is O=C(O)C(F)(F)F.O=C1c2ccccc2-c2ccc(OC3CCNCC3)cc21. The number of fused-ring (bicyclic) bond motifs is 3. The molecule has 1 heterocycles. The topological polar surface area (TPSA) is 75.6 Å². The summed E-state index contributed by atoms with van der Waals surface area (Å²) in [4.78, 5) is 21.4. The minimum absolute atomic E-state index is 0.108. The van der Waals surface area contributed by atoms with Gasteiger partial charge in [-0.05, 0) is 55.3 Å². The lowest BCUT2D eigenvalue weighted by Crippen LogP contribution is -2.34. The molecule has 1 fully saturated rings. The van der Waals surface area contributed by atoms with Gasteiger partial charge in [-0.1, -0.05) is 24.3 Å². The number of rotatable bonds is 2. The second-order valence-corrected chi connectivity index (χ2v) is 6.45. The molecule has 1 aliphatic carbocycles. The van der Waals surface area contributed by atoms with Gasteiger partial charge in [-0.25, -0.2) is 4.79 Å². The number of hydrogen-bond acceptors (Lipinski definition) is 4. The highest BCUT2D eigenvalue weighted by atomic mass is 19.4. The molecular weight excluding hydrogens is 375 g/mol. The lowest BCUT2D eigenvalue weighted by Gasteiger charge is -2.24. The van der Waals surface area contributed by atoms with E-state index in [4.69, 9.17) is 14.6 Å².